The highest BCUT2D eigenvalue weighted by atomic mass is 19.4. The number of halogens is 5. The zero-order valence-corrected chi connectivity index (χ0v) is 16.7. The van der Waals surface area contributed by atoms with Crippen molar-refractivity contribution in [1.82, 2.24) is 24.7 Å². The van der Waals surface area contributed by atoms with E-state index < -0.39 is 24.7 Å². The Balaban J connectivity index is 1.24. The van der Waals surface area contributed by atoms with E-state index in [0.29, 0.717) is 42.9 Å². The Morgan fingerprint density at radius 2 is 1.84 bits per heavy atom. The van der Waals surface area contributed by atoms with Crippen LogP contribution < -0.4 is 9.64 Å². The zero-order valence-electron chi connectivity index (χ0n) is 16.7. The number of hydrogen-bond acceptors (Lipinski definition) is 6. The van der Waals surface area contributed by atoms with Gasteiger partial charge in [-0.2, -0.15) is 18.3 Å². The molecule has 170 valence electrons. The Morgan fingerprint density at radius 3 is 2.53 bits per heavy atom. The summed E-state index contributed by atoms with van der Waals surface area (Å²) in [5.41, 5.74) is -0.0144. The molecule has 32 heavy (non-hydrogen) atoms. The molecular formula is C20H19F5N6O. The van der Waals surface area contributed by atoms with Gasteiger partial charge >= 0.3 is 6.18 Å². The third-order valence-corrected chi connectivity index (χ3v) is 6.02. The van der Waals surface area contributed by atoms with E-state index >= 15 is 0 Å². The number of pyridine rings is 1. The van der Waals surface area contributed by atoms with Crippen molar-refractivity contribution >= 4 is 17.0 Å². The van der Waals surface area contributed by atoms with Gasteiger partial charge in [0.15, 0.2) is 5.65 Å². The first-order valence-corrected chi connectivity index (χ1v) is 10.2. The quantitative estimate of drug-likeness (QED) is 0.547. The lowest BCUT2D eigenvalue weighted by molar-refractivity contribution is -0.137. The van der Waals surface area contributed by atoms with Crippen LogP contribution in [0.25, 0.3) is 11.2 Å². The van der Waals surface area contributed by atoms with Crippen LogP contribution in [0.5, 0.6) is 5.88 Å². The van der Waals surface area contributed by atoms with Crippen LogP contribution in [0, 0.1) is 11.8 Å². The molecule has 0 bridgehead atoms. The third kappa shape index (κ3) is 4.05. The lowest BCUT2D eigenvalue weighted by Crippen LogP contribution is -2.25. The van der Waals surface area contributed by atoms with Gasteiger partial charge in [0, 0.05) is 25.4 Å². The number of fused-ring (bicyclic) bond motifs is 2. The van der Waals surface area contributed by atoms with Crippen LogP contribution in [-0.4, -0.2) is 50.4 Å². The van der Waals surface area contributed by atoms with Crippen molar-refractivity contribution in [2.45, 2.75) is 38.1 Å². The van der Waals surface area contributed by atoms with E-state index in [9.17, 15) is 22.0 Å². The highest BCUT2D eigenvalue weighted by Gasteiger charge is 2.42. The minimum atomic E-state index is -4.44. The summed E-state index contributed by atoms with van der Waals surface area (Å²) < 4.78 is 71.1. The minimum Gasteiger partial charge on any atom is -0.474 e. The second kappa shape index (κ2) is 7.82. The summed E-state index contributed by atoms with van der Waals surface area (Å²) in [6.07, 6.45) is -1.68. The maximum Gasteiger partial charge on any atom is 0.416 e. The van der Waals surface area contributed by atoms with E-state index in [1.165, 1.54) is 6.20 Å². The summed E-state index contributed by atoms with van der Waals surface area (Å²) in [6.45, 7) is 0.822. The molecule has 0 spiro atoms. The molecular weight excluding hydrogens is 435 g/mol. The standard InChI is InChI=1S/C20H19F5N6O/c21-16(22)10-31-19-15(6-28-31)27-7-17(29-19)30-8-11-3-14(4-12(11)9-30)32-18-5-13(1-2-26-18)20(23,24)25/h1-2,5-7,11-12,14,16H,3-4,8-10H2. The van der Waals surface area contributed by atoms with E-state index in [0.717, 1.165) is 23.0 Å². The van der Waals surface area contributed by atoms with Gasteiger partial charge in [0.25, 0.3) is 6.43 Å². The van der Waals surface area contributed by atoms with Gasteiger partial charge < -0.3 is 9.64 Å². The molecule has 4 heterocycles. The van der Waals surface area contributed by atoms with Gasteiger partial charge in [0.2, 0.25) is 5.88 Å². The summed E-state index contributed by atoms with van der Waals surface area (Å²) in [5, 5.41) is 3.93. The first-order valence-electron chi connectivity index (χ1n) is 10.2. The largest absolute Gasteiger partial charge is 0.474 e. The van der Waals surface area contributed by atoms with Crippen molar-refractivity contribution in [2.75, 3.05) is 18.0 Å². The number of alkyl halides is 5. The van der Waals surface area contributed by atoms with E-state index in [2.05, 4.69) is 25.0 Å². The van der Waals surface area contributed by atoms with Crippen molar-refractivity contribution < 1.29 is 26.7 Å². The molecule has 2 unspecified atom stereocenters. The molecule has 1 saturated heterocycles. The molecule has 0 aromatic carbocycles. The van der Waals surface area contributed by atoms with Crippen LogP contribution in [0.2, 0.25) is 0 Å². The summed E-state index contributed by atoms with van der Waals surface area (Å²) in [6, 6.07) is 1.84. The Bertz CT molecular complexity index is 1110. The van der Waals surface area contributed by atoms with E-state index in [-0.39, 0.29) is 23.8 Å². The second-order valence-electron chi connectivity index (χ2n) is 8.17. The van der Waals surface area contributed by atoms with Crippen LogP contribution in [0.3, 0.4) is 0 Å². The van der Waals surface area contributed by atoms with Crippen LogP contribution in [0.4, 0.5) is 27.8 Å². The Hall–Kier alpha value is -3.05. The molecule has 1 aliphatic carbocycles. The summed E-state index contributed by atoms with van der Waals surface area (Å²) >= 11 is 0. The predicted octanol–water partition coefficient (Wildman–Crippen LogP) is 3.80. The van der Waals surface area contributed by atoms with Crippen molar-refractivity contribution in [3.8, 4) is 5.88 Å². The van der Waals surface area contributed by atoms with Gasteiger partial charge in [-0.1, -0.05) is 0 Å². The Morgan fingerprint density at radius 1 is 1.09 bits per heavy atom. The average molecular weight is 454 g/mol. The monoisotopic (exact) mass is 454 g/mol. The number of hydrogen-bond donors (Lipinski definition) is 0. The molecule has 2 aliphatic rings. The number of nitrogens with zero attached hydrogens (tertiary/aromatic N) is 6. The van der Waals surface area contributed by atoms with Gasteiger partial charge in [-0.3, -0.25) is 0 Å². The fraction of sp³-hybridized carbons (Fsp3) is 0.500. The summed E-state index contributed by atoms with van der Waals surface area (Å²) in [5.74, 6) is 1.15. The predicted molar refractivity (Wildman–Crippen MR) is 103 cm³/mol. The first-order chi connectivity index (χ1) is 15.3. The molecule has 0 radical (unpaired) electrons. The first kappa shape index (κ1) is 20.8. The molecule has 3 aromatic heterocycles. The molecule has 2 fully saturated rings. The van der Waals surface area contributed by atoms with E-state index in [1.54, 1.807) is 6.20 Å². The van der Waals surface area contributed by atoms with Crippen molar-refractivity contribution in [3.63, 3.8) is 0 Å². The molecule has 3 aromatic rings. The van der Waals surface area contributed by atoms with Crippen LogP contribution >= 0.6 is 0 Å². The fourth-order valence-electron chi connectivity index (χ4n) is 4.61. The van der Waals surface area contributed by atoms with Gasteiger partial charge in [-0.05, 0) is 30.7 Å². The third-order valence-electron chi connectivity index (χ3n) is 6.02. The maximum absolute atomic E-state index is 12.9. The van der Waals surface area contributed by atoms with Crippen LogP contribution in [-0.2, 0) is 12.7 Å². The SMILES string of the molecule is FC(F)Cn1ncc2ncc(N3CC4CC(Oc5cc(C(F)(F)F)ccn5)CC4C3)nc21. The highest BCUT2D eigenvalue weighted by molar-refractivity contribution is 5.71. The van der Waals surface area contributed by atoms with Gasteiger partial charge in [-0.25, -0.2) is 28.4 Å². The fourth-order valence-corrected chi connectivity index (χ4v) is 4.61. The lowest BCUT2D eigenvalue weighted by atomic mass is 10.0. The van der Waals surface area contributed by atoms with Crippen molar-refractivity contribution in [2.24, 2.45) is 11.8 Å². The smallest absolute Gasteiger partial charge is 0.416 e. The number of rotatable bonds is 5. The minimum absolute atomic E-state index is 0.0229. The molecule has 2 atom stereocenters. The molecule has 5 rings (SSSR count). The number of aromatic nitrogens is 5. The molecule has 12 heteroatoms. The van der Waals surface area contributed by atoms with Crippen LogP contribution in [0.15, 0.2) is 30.7 Å². The van der Waals surface area contributed by atoms with E-state index in [4.69, 9.17) is 4.74 Å². The van der Waals surface area contributed by atoms with Gasteiger partial charge in [-0.15, -0.1) is 0 Å². The Kier molecular flexibility index (Phi) is 5.09. The zero-order chi connectivity index (χ0) is 22.5. The van der Waals surface area contributed by atoms with Crippen LogP contribution in [0.1, 0.15) is 18.4 Å². The molecule has 0 amide bonds. The molecule has 0 N–H and O–H groups in total. The topological polar surface area (TPSA) is 69.0 Å². The Labute approximate surface area is 179 Å². The summed E-state index contributed by atoms with van der Waals surface area (Å²) in [4.78, 5) is 14.8. The number of ether oxygens (including phenoxy) is 1. The average Bonchev–Trinajstić information content (AvgIpc) is 3.40. The van der Waals surface area contributed by atoms with Crippen molar-refractivity contribution in [1.29, 1.82) is 0 Å². The summed E-state index contributed by atoms with van der Waals surface area (Å²) in [7, 11) is 0. The number of anilines is 1. The van der Waals surface area contributed by atoms with E-state index in [1.807, 2.05) is 0 Å². The molecule has 1 saturated carbocycles. The highest BCUT2D eigenvalue weighted by Crippen LogP contribution is 2.41. The van der Waals surface area contributed by atoms with Gasteiger partial charge in [0.1, 0.15) is 24.0 Å². The second-order valence-corrected chi connectivity index (χ2v) is 8.17. The van der Waals surface area contributed by atoms with Gasteiger partial charge in [0.05, 0.1) is 18.0 Å². The molecule has 1 aliphatic heterocycles. The maximum atomic E-state index is 12.9. The normalized spacial score (nSPS) is 23.3. The molecule has 7 nitrogen and oxygen atoms in total. The van der Waals surface area contributed by atoms with Crippen molar-refractivity contribution in [3.05, 3.63) is 36.3 Å². The lowest BCUT2D eigenvalue weighted by Gasteiger charge is -2.20.